The van der Waals surface area contributed by atoms with Gasteiger partial charge in [-0.1, -0.05) is 351 Å². The molecule has 0 spiro atoms. The van der Waals surface area contributed by atoms with Crippen LogP contribution < -0.4 is 0 Å². The van der Waals surface area contributed by atoms with Gasteiger partial charge in [-0.3, -0.25) is 0 Å². The van der Waals surface area contributed by atoms with E-state index in [4.69, 9.17) is 10.7 Å². The largest absolute Gasteiger partial charge is 0.198 e. The van der Waals surface area contributed by atoms with E-state index in [1.807, 2.05) is 68.4 Å². The average molecular weight is 1110 g/mol. The van der Waals surface area contributed by atoms with E-state index in [-0.39, 0.29) is 29.5 Å². The van der Waals surface area contributed by atoms with Crippen molar-refractivity contribution >= 4 is 0 Å². The summed E-state index contributed by atoms with van der Waals surface area (Å²) in [7, 11) is 0. The summed E-state index contributed by atoms with van der Waals surface area (Å²) in [6, 6.07) is 12.6. The zero-order valence-electron chi connectivity index (χ0n) is 63.7. The summed E-state index contributed by atoms with van der Waals surface area (Å²) >= 11 is 0. The highest BCUT2D eigenvalue weighted by molar-refractivity contribution is 5.14. The second-order valence-corrected chi connectivity index (χ2v) is 31.0. The Labute approximate surface area is 510 Å². The summed E-state index contributed by atoms with van der Waals surface area (Å²) in [5, 5.41) is 7.89. The molecule has 1 aromatic carbocycles. The molecule has 79 heavy (non-hydrogen) atoms. The van der Waals surface area contributed by atoms with Gasteiger partial charge in [-0.15, -0.1) is 0 Å². The number of nitriles is 1. The minimum atomic E-state index is -1.06. The second kappa shape index (κ2) is 51.2. The van der Waals surface area contributed by atoms with Crippen molar-refractivity contribution < 1.29 is 5.48 Å². The highest BCUT2D eigenvalue weighted by Crippen LogP contribution is 2.43. The minimum Gasteiger partial charge on any atom is -0.198 e. The Kier molecular flexibility index (Phi) is 49.0. The molecule has 0 aromatic heterocycles. The topological polar surface area (TPSA) is 23.8 Å². The van der Waals surface area contributed by atoms with E-state index in [2.05, 4.69) is 155 Å². The van der Waals surface area contributed by atoms with Gasteiger partial charge in [-0.2, -0.15) is 5.26 Å². The quantitative estimate of drug-likeness (QED) is 0.226. The smallest absolute Gasteiger partial charge is 0.0649 e. The zero-order valence-corrected chi connectivity index (χ0v) is 59.7. The van der Waals surface area contributed by atoms with Gasteiger partial charge in [0.2, 0.25) is 0 Å². The van der Waals surface area contributed by atoms with Crippen LogP contribution in [0.1, 0.15) is 371 Å². The highest BCUT2D eigenvalue weighted by atomic mass is 14.4. The molecule has 0 N–H and O–H groups in total. The van der Waals surface area contributed by atoms with E-state index in [1.54, 1.807) is 0 Å². The number of benzene rings is 1. The predicted molar refractivity (Wildman–Crippen MR) is 366 cm³/mol. The van der Waals surface area contributed by atoms with E-state index < -0.39 is 6.37 Å². The zero-order chi connectivity index (χ0) is 65.2. The molecule has 0 unspecified atom stereocenters. The van der Waals surface area contributed by atoms with Gasteiger partial charge >= 0.3 is 0 Å². The molecule has 5 fully saturated rings. The summed E-state index contributed by atoms with van der Waals surface area (Å²) in [5.74, 6) is 9.22. The van der Waals surface area contributed by atoms with Crippen molar-refractivity contribution in [2.24, 2.45) is 93.2 Å². The van der Waals surface area contributed by atoms with Crippen LogP contribution in [0, 0.1) is 104 Å². The van der Waals surface area contributed by atoms with Crippen molar-refractivity contribution in [2.45, 2.75) is 367 Å². The average Bonchev–Trinajstić information content (AvgIpc) is 4.02. The Morgan fingerprint density at radius 1 is 0.481 bits per heavy atom. The molecule has 1 aromatic rings. The number of rotatable bonds is 9. The maximum atomic E-state index is 8.08. The molecule has 0 amide bonds. The molecule has 0 heterocycles. The van der Waals surface area contributed by atoms with Gasteiger partial charge in [0.15, 0.2) is 0 Å². The molecule has 0 bridgehead atoms. The van der Waals surface area contributed by atoms with Crippen LogP contribution in [0.15, 0.2) is 30.3 Å². The lowest BCUT2D eigenvalue weighted by atomic mass is 9.78. The molecule has 5 aliphatic rings. The van der Waals surface area contributed by atoms with E-state index in [1.165, 1.54) is 160 Å². The Bertz CT molecular complexity index is 1560. The summed E-state index contributed by atoms with van der Waals surface area (Å²) < 4.78 is 30.1. The third-order valence-electron chi connectivity index (χ3n) is 16.7. The van der Waals surface area contributed by atoms with Crippen LogP contribution >= 0.6 is 0 Å². The van der Waals surface area contributed by atoms with E-state index in [0.717, 1.165) is 66.1 Å². The summed E-state index contributed by atoms with van der Waals surface area (Å²) in [4.78, 5) is 0. The fourth-order valence-corrected chi connectivity index (χ4v) is 11.9. The van der Waals surface area contributed by atoms with Crippen molar-refractivity contribution in [1.82, 2.24) is 0 Å². The molecule has 0 saturated heterocycles. The first-order chi connectivity index (χ1) is 38.1. The third kappa shape index (κ3) is 58.3. The molecular weight excluding hydrogens is 951 g/mol. The molecular formula is C78H155N. The fraction of sp³-hybridized carbons (Fsp3) is 0.910. The van der Waals surface area contributed by atoms with Gasteiger partial charge in [0.05, 0.1) is 6.07 Å². The number of hydrogen-bond donors (Lipinski definition) is 0. The van der Waals surface area contributed by atoms with Crippen LogP contribution in [0.4, 0.5) is 0 Å². The lowest BCUT2D eigenvalue weighted by Crippen LogP contribution is -2.18. The van der Waals surface area contributed by atoms with Crippen LogP contribution in [0.3, 0.4) is 0 Å². The summed E-state index contributed by atoms with van der Waals surface area (Å²) in [6.07, 6.45) is 36.0. The molecule has 5 aliphatic carbocycles. The van der Waals surface area contributed by atoms with Gasteiger partial charge in [0.1, 0.15) is 0 Å². The molecule has 6 rings (SSSR count). The van der Waals surface area contributed by atoms with Crippen LogP contribution in [-0.2, 0) is 6.42 Å². The van der Waals surface area contributed by atoms with Gasteiger partial charge in [-0.25, -0.2) is 0 Å². The normalized spacial score (nSPS) is 19.3. The molecule has 1 nitrogen and oxygen atoms in total. The predicted octanol–water partition coefficient (Wildman–Crippen LogP) is 27.7. The fourth-order valence-electron chi connectivity index (χ4n) is 11.9. The number of nitrogens with zero attached hydrogens (tertiary/aromatic N) is 1. The van der Waals surface area contributed by atoms with Crippen molar-refractivity contribution in [1.29, 1.82) is 5.26 Å². The van der Waals surface area contributed by atoms with Crippen molar-refractivity contribution in [3.63, 3.8) is 0 Å². The van der Waals surface area contributed by atoms with Gasteiger partial charge in [0, 0.05) is 11.4 Å². The standard InChI is InChI=1S/C10H14.C10H20.3C9H18.C8H16.2C8H18.C4H7N.C3H8/c1-9(2)8-10-6-4-3-5-7-10;1-9(2)10-7-5-3-4-6-8-10;1-8(2)9(3)6-4-5-7-9;2*1-8(2)9-6-4-3-5-7-9;1-7(2)8-5-3-4-6-8;2*1-7(2)6-8(3,4)5;1-4(2)3-5;1-3-2/h3-7,9H,8H2,1-2H3;9-10H,3-8H2,1-2H3;8H,4-7H2,1-3H3;2*8-9H,3-7H2,1-2H3;7-8H,3-6H2,1-2H3;2*7H,6H2,1-5H3;4H,1-2H3;3H2,1-2H3/i;;;9D;;;6D2;;;3D. The van der Waals surface area contributed by atoms with Gasteiger partial charge in [-0.05, 0) is 139 Å². The minimum absolute atomic E-state index is 0.0712. The molecule has 1 heteroatoms. The van der Waals surface area contributed by atoms with Crippen LogP contribution in [0.2, 0.25) is 0 Å². The summed E-state index contributed by atoms with van der Waals surface area (Å²) in [6.45, 7) is 58.6. The van der Waals surface area contributed by atoms with Gasteiger partial charge in [0.25, 0.3) is 0 Å². The summed E-state index contributed by atoms with van der Waals surface area (Å²) in [5.41, 5.74) is 2.41. The SMILES string of the molecule is CC(C)C#N.CC(C)C1(C)CCCC1.CC(C)C1CCCC1.CC(C)C1CCCCC1.CC(C)C1CCCCCC1.CC(C)CC(C)(C)C.CC(C)Cc1ccccc1.[2H]C(C)C.[2H]C([2H])(C(C)C)C(C)(C)C.[2H]C1(C(C)C)CCCCC1. The van der Waals surface area contributed by atoms with E-state index in [0.29, 0.717) is 16.7 Å². The molecule has 472 valence electrons. The first-order valence-electron chi connectivity index (χ1n) is 36.6. The van der Waals surface area contributed by atoms with Crippen molar-refractivity contribution in [2.75, 3.05) is 0 Å². The Morgan fingerprint density at radius 2 is 0.797 bits per heavy atom. The first kappa shape index (κ1) is 75.7. The first-order valence-corrected chi connectivity index (χ1v) is 34.5. The number of hydrogen-bond acceptors (Lipinski definition) is 1. The molecule has 0 atom stereocenters. The molecule has 0 radical (unpaired) electrons. The highest BCUT2D eigenvalue weighted by Gasteiger charge is 2.31. The molecule has 0 aliphatic heterocycles. The van der Waals surface area contributed by atoms with Crippen molar-refractivity contribution in [3.05, 3.63) is 35.9 Å². The maximum absolute atomic E-state index is 8.08. The van der Waals surface area contributed by atoms with Crippen LogP contribution in [0.5, 0.6) is 0 Å². The Balaban J connectivity index is -0.000000421. The second-order valence-electron chi connectivity index (χ2n) is 31.0. The van der Waals surface area contributed by atoms with Gasteiger partial charge < -0.3 is 0 Å². The van der Waals surface area contributed by atoms with E-state index >= 15 is 0 Å². The van der Waals surface area contributed by atoms with Crippen LogP contribution in [0.25, 0.3) is 0 Å². The van der Waals surface area contributed by atoms with Crippen LogP contribution in [-0.4, -0.2) is 0 Å². The lowest BCUT2D eigenvalue weighted by Gasteiger charge is -2.27. The Morgan fingerprint density at radius 3 is 0.987 bits per heavy atom. The lowest BCUT2D eigenvalue weighted by molar-refractivity contribution is 0.228. The monoisotopic (exact) mass is 1110 g/mol. The van der Waals surface area contributed by atoms with E-state index in [9.17, 15) is 0 Å². The van der Waals surface area contributed by atoms with Crippen molar-refractivity contribution in [3.8, 4) is 6.07 Å². The maximum Gasteiger partial charge on any atom is 0.0649 e. The Hall–Kier alpha value is -1.29. The molecule has 5 saturated carbocycles. The third-order valence-corrected chi connectivity index (χ3v) is 16.7.